The molecule has 14 heavy (non-hydrogen) atoms. The summed E-state index contributed by atoms with van der Waals surface area (Å²) in [5.41, 5.74) is 0. The molecule has 5 heteroatoms. The summed E-state index contributed by atoms with van der Waals surface area (Å²) in [4.78, 5) is 0. The van der Waals surface area contributed by atoms with E-state index >= 15 is 0 Å². The summed E-state index contributed by atoms with van der Waals surface area (Å²) < 4.78 is 7.21. The summed E-state index contributed by atoms with van der Waals surface area (Å²) in [5, 5.41) is 17.6. The first-order valence-electron chi connectivity index (χ1n) is 4.92. The second-order valence-corrected chi connectivity index (χ2v) is 3.65. The minimum absolute atomic E-state index is 0.119. The predicted molar refractivity (Wildman–Crippen MR) is 49.6 cm³/mol. The normalized spacial score (nSPS) is 24.9. The van der Waals surface area contributed by atoms with Crippen LogP contribution in [-0.2, 0) is 11.8 Å². The van der Waals surface area contributed by atoms with Gasteiger partial charge in [0.25, 0.3) is 0 Å². The quantitative estimate of drug-likeness (QED) is 0.746. The molecule has 1 saturated heterocycles. The van der Waals surface area contributed by atoms with Crippen LogP contribution >= 0.6 is 0 Å². The van der Waals surface area contributed by atoms with Crippen molar-refractivity contribution < 1.29 is 9.84 Å². The molecule has 1 aromatic heterocycles. The van der Waals surface area contributed by atoms with Crippen molar-refractivity contribution >= 4 is 0 Å². The van der Waals surface area contributed by atoms with Crippen LogP contribution in [0.3, 0.4) is 0 Å². The van der Waals surface area contributed by atoms with Gasteiger partial charge >= 0.3 is 0 Å². The molecule has 1 aliphatic rings. The van der Waals surface area contributed by atoms with Crippen molar-refractivity contribution in [1.82, 2.24) is 14.8 Å². The van der Waals surface area contributed by atoms with Crippen LogP contribution in [0.15, 0.2) is 6.33 Å². The molecule has 0 radical (unpaired) electrons. The van der Waals surface area contributed by atoms with Crippen LogP contribution in [-0.4, -0.2) is 32.6 Å². The van der Waals surface area contributed by atoms with Crippen LogP contribution in [0, 0.1) is 0 Å². The predicted octanol–water partition coefficient (Wildman–Crippen LogP) is 0.418. The number of nitrogens with zero attached hydrogens (tertiary/aromatic N) is 3. The highest BCUT2D eigenvalue weighted by Crippen LogP contribution is 2.24. The molecule has 0 bridgehead atoms. The molecule has 0 amide bonds. The Morgan fingerprint density at radius 2 is 2.50 bits per heavy atom. The van der Waals surface area contributed by atoms with Crippen LogP contribution in [0.5, 0.6) is 0 Å². The van der Waals surface area contributed by atoms with Crippen LogP contribution in [0.1, 0.15) is 31.2 Å². The second-order valence-electron chi connectivity index (χ2n) is 3.65. The summed E-state index contributed by atoms with van der Waals surface area (Å²) in [7, 11) is 1.82. The molecule has 1 aliphatic heterocycles. The number of aromatic nitrogens is 3. The first kappa shape index (κ1) is 9.61. The molecule has 2 atom stereocenters. The van der Waals surface area contributed by atoms with Crippen LogP contribution in [0.4, 0.5) is 0 Å². The number of hydrogen-bond acceptors (Lipinski definition) is 4. The highest BCUT2D eigenvalue weighted by molar-refractivity contribution is 4.94. The highest BCUT2D eigenvalue weighted by Gasteiger charge is 2.26. The van der Waals surface area contributed by atoms with Crippen molar-refractivity contribution in [2.75, 3.05) is 6.61 Å². The van der Waals surface area contributed by atoms with Crippen molar-refractivity contribution in [3.63, 3.8) is 0 Å². The van der Waals surface area contributed by atoms with Crippen LogP contribution in [0.2, 0.25) is 0 Å². The van der Waals surface area contributed by atoms with Gasteiger partial charge in [0, 0.05) is 13.7 Å². The van der Waals surface area contributed by atoms with Gasteiger partial charge in [-0.1, -0.05) is 0 Å². The lowest BCUT2D eigenvalue weighted by atomic mass is 10.0. The molecule has 1 fully saturated rings. The largest absolute Gasteiger partial charge is 0.382 e. The van der Waals surface area contributed by atoms with Gasteiger partial charge in [-0.3, -0.25) is 0 Å². The van der Waals surface area contributed by atoms with E-state index in [0.29, 0.717) is 5.82 Å². The maximum atomic E-state index is 9.97. The minimum atomic E-state index is -0.650. The van der Waals surface area contributed by atoms with Crippen molar-refractivity contribution in [2.24, 2.45) is 7.05 Å². The fourth-order valence-electron chi connectivity index (χ4n) is 1.74. The first-order valence-corrected chi connectivity index (χ1v) is 4.92. The maximum Gasteiger partial charge on any atom is 0.164 e. The Kier molecular flexibility index (Phi) is 2.79. The van der Waals surface area contributed by atoms with E-state index in [1.165, 1.54) is 0 Å². The number of aryl methyl sites for hydroxylation is 1. The monoisotopic (exact) mass is 197 g/mol. The molecule has 1 aromatic rings. The number of hydrogen-bond donors (Lipinski definition) is 1. The third-order valence-corrected chi connectivity index (χ3v) is 2.58. The zero-order chi connectivity index (χ0) is 9.97. The summed E-state index contributed by atoms with van der Waals surface area (Å²) in [5.74, 6) is 0.580. The number of ether oxygens (including phenoxy) is 1. The van der Waals surface area contributed by atoms with Crippen molar-refractivity contribution in [3.05, 3.63) is 12.2 Å². The molecule has 2 rings (SSSR count). The molecule has 0 aliphatic carbocycles. The Balaban J connectivity index is 2.07. The Bertz CT molecular complexity index is 294. The lowest BCUT2D eigenvalue weighted by molar-refractivity contribution is -0.0673. The zero-order valence-corrected chi connectivity index (χ0v) is 8.26. The van der Waals surface area contributed by atoms with Gasteiger partial charge in [-0.15, -0.1) is 10.2 Å². The van der Waals surface area contributed by atoms with Gasteiger partial charge in [0.05, 0.1) is 6.10 Å². The molecular weight excluding hydrogens is 182 g/mol. The van der Waals surface area contributed by atoms with Crippen molar-refractivity contribution in [2.45, 2.75) is 31.5 Å². The molecule has 0 saturated carbocycles. The molecule has 0 aromatic carbocycles. The standard InChI is InChI=1S/C9H15N3O2/c1-12-6-10-11-9(12)8(13)7-4-2-3-5-14-7/h6-8,13H,2-5H2,1H3. The van der Waals surface area contributed by atoms with Crippen molar-refractivity contribution in [1.29, 1.82) is 0 Å². The lowest BCUT2D eigenvalue weighted by Gasteiger charge is -2.26. The highest BCUT2D eigenvalue weighted by atomic mass is 16.5. The van der Waals surface area contributed by atoms with E-state index in [0.717, 1.165) is 25.9 Å². The SMILES string of the molecule is Cn1cnnc1C(O)C1CCCCO1. The van der Waals surface area contributed by atoms with Gasteiger partial charge in [-0.25, -0.2) is 0 Å². The van der Waals surface area contributed by atoms with Gasteiger partial charge in [0.1, 0.15) is 12.4 Å². The topological polar surface area (TPSA) is 60.2 Å². The smallest absolute Gasteiger partial charge is 0.164 e. The molecule has 1 N–H and O–H groups in total. The molecule has 78 valence electrons. The minimum Gasteiger partial charge on any atom is -0.382 e. The molecule has 2 heterocycles. The number of aliphatic hydroxyl groups is 1. The molecule has 0 spiro atoms. The first-order chi connectivity index (χ1) is 6.79. The summed E-state index contributed by atoms with van der Waals surface area (Å²) in [6.45, 7) is 0.736. The van der Waals surface area contributed by atoms with E-state index in [2.05, 4.69) is 10.2 Å². The summed E-state index contributed by atoms with van der Waals surface area (Å²) in [6, 6.07) is 0. The summed E-state index contributed by atoms with van der Waals surface area (Å²) >= 11 is 0. The van der Waals surface area contributed by atoms with Crippen LogP contribution in [0.25, 0.3) is 0 Å². The van der Waals surface area contributed by atoms with E-state index in [4.69, 9.17) is 4.74 Å². The molecular formula is C9H15N3O2. The van der Waals surface area contributed by atoms with E-state index in [-0.39, 0.29) is 6.10 Å². The van der Waals surface area contributed by atoms with E-state index in [9.17, 15) is 5.11 Å². The van der Waals surface area contributed by atoms with Gasteiger partial charge in [0.2, 0.25) is 0 Å². The third-order valence-electron chi connectivity index (χ3n) is 2.58. The number of rotatable bonds is 2. The molecule has 2 unspecified atom stereocenters. The van der Waals surface area contributed by atoms with Gasteiger partial charge in [-0.2, -0.15) is 0 Å². The Morgan fingerprint density at radius 3 is 3.07 bits per heavy atom. The van der Waals surface area contributed by atoms with E-state index in [1.807, 2.05) is 7.05 Å². The fraction of sp³-hybridized carbons (Fsp3) is 0.778. The maximum absolute atomic E-state index is 9.97. The second kappa shape index (κ2) is 4.06. The van der Waals surface area contributed by atoms with Gasteiger partial charge in [-0.05, 0) is 19.3 Å². The fourth-order valence-corrected chi connectivity index (χ4v) is 1.74. The van der Waals surface area contributed by atoms with Crippen molar-refractivity contribution in [3.8, 4) is 0 Å². The lowest BCUT2D eigenvalue weighted by Crippen LogP contribution is -2.28. The molecule has 5 nitrogen and oxygen atoms in total. The Hall–Kier alpha value is -0.940. The van der Waals surface area contributed by atoms with Crippen LogP contribution < -0.4 is 0 Å². The van der Waals surface area contributed by atoms with E-state index in [1.54, 1.807) is 10.9 Å². The zero-order valence-electron chi connectivity index (χ0n) is 8.26. The van der Waals surface area contributed by atoms with Gasteiger partial charge < -0.3 is 14.4 Å². The third kappa shape index (κ3) is 1.78. The van der Waals surface area contributed by atoms with E-state index < -0.39 is 6.10 Å². The van der Waals surface area contributed by atoms with Gasteiger partial charge in [0.15, 0.2) is 5.82 Å². The Morgan fingerprint density at radius 1 is 1.64 bits per heavy atom. The average molecular weight is 197 g/mol. The summed E-state index contributed by atoms with van der Waals surface area (Å²) in [6.07, 6.45) is 3.91. The average Bonchev–Trinajstić information content (AvgIpc) is 2.65. The number of aliphatic hydroxyl groups excluding tert-OH is 1. The Labute approximate surface area is 82.7 Å².